The maximum atomic E-state index is 12.3. The van der Waals surface area contributed by atoms with Gasteiger partial charge in [-0.25, -0.2) is 0 Å². The number of hydrogen-bond acceptors (Lipinski definition) is 3. The van der Waals surface area contributed by atoms with Crippen LogP contribution in [0.2, 0.25) is 5.02 Å². The molecule has 1 aliphatic heterocycles. The molecule has 1 amide bonds. The number of rotatable bonds is 6. The van der Waals surface area contributed by atoms with Crippen LogP contribution >= 0.6 is 11.6 Å². The second-order valence-electron chi connectivity index (χ2n) is 6.03. The average molecular weight is 321 g/mol. The van der Waals surface area contributed by atoms with Crippen LogP contribution in [0.5, 0.6) is 0 Å². The highest BCUT2D eigenvalue weighted by Crippen LogP contribution is 2.31. The Kier molecular flexibility index (Phi) is 4.67. The third-order valence-electron chi connectivity index (χ3n) is 4.07. The van der Waals surface area contributed by atoms with Gasteiger partial charge in [0, 0.05) is 23.9 Å². The lowest BCUT2D eigenvalue weighted by atomic mass is 10.0. The Hall–Kier alpha value is -1.55. The van der Waals surface area contributed by atoms with Crippen LogP contribution in [0.15, 0.2) is 29.4 Å². The van der Waals surface area contributed by atoms with Crippen molar-refractivity contribution >= 4 is 23.2 Å². The summed E-state index contributed by atoms with van der Waals surface area (Å²) < 4.78 is 0. The van der Waals surface area contributed by atoms with Crippen LogP contribution in [0.1, 0.15) is 38.2 Å². The molecule has 0 bridgehead atoms. The summed E-state index contributed by atoms with van der Waals surface area (Å²) in [6.07, 6.45) is 3.74. The van der Waals surface area contributed by atoms with Gasteiger partial charge in [-0.05, 0) is 37.0 Å². The summed E-state index contributed by atoms with van der Waals surface area (Å²) in [5.74, 6) is 0.537. The zero-order valence-electron chi connectivity index (χ0n) is 12.8. The lowest BCUT2D eigenvalue weighted by Gasteiger charge is -2.24. The highest BCUT2D eigenvalue weighted by atomic mass is 35.5. The molecule has 1 heterocycles. The van der Waals surface area contributed by atoms with Gasteiger partial charge in [-0.15, -0.1) is 0 Å². The second kappa shape index (κ2) is 6.69. The first-order valence-corrected chi connectivity index (χ1v) is 8.32. The van der Waals surface area contributed by atoms with Crippen molar-refractivity contribution in [1.29, 1.82) is 0 Å². The fraction of sp³-hybridized carbons (Fsp3) is 0.529. The molecule has 4 nitrogen and oxygen atoms in total. The van der Waals surface area contributed by atoms with Crippen molar-refractivity contribution in [3.63, 3.8) is 0 Å². The standard InChI is InChI=1S/C17H21ClN2O2/c1-2-9-20(17(21)13-3-4-13)11-15-10-16(19-22-15)12-5-7-14(18)8-6-12/h5-8,13,15H,2-4,9-11H2,1H3/t15-/m1/s1. The van der Waals surface area contributed by atoms with Crippen molar-refractivity contribution in [2.45, 2.75) is 38.7 Å². The van der Waals surface area contributed by atoms with Crippen LogP contribution in [-0.2, 0) is 9.63 Å². The third kappa shape index (κ3) is 3.61. The minimum atomic E-state index is -0.0417. The molecule has 118 valence electrons. The fourth-order valence-electron chi connectivity index (χ4n) is 2.73. The molecule has 1 fully saturated rings. The molecular weight excluding hydrogens is 300 g/mol. The molecule has 0 unspecified atom stereocenters. The largest absolute Gasteiger partial charge is 0.390 e. The van der Waals surface area contributed by atoms with Gasteiger partial charge in [0.1, 0.15) is 0 Å². The topological polar surface area (TPSA) is 41.9 Å². The minimum absolute atomic E-state index is 0.0417. The molecule has 0 aromatic heterocycles. The molecule has 0 radical (unpaired) electrons. The molecule has 0 saturated heterocycles. The van der Waals surface area contributed by atoms with Crippen LogP contribution in [0.4, 0.5) is 0 Å². The first-order chi connectivity index (χ1) is 10.7. The van der Waals surface area contributed by atoms with Crippen molar-refractivity contribution in [1.82, 2.24) is 4.90 Å². The summed E-state index contributed by atoms with van der Waals surface area (Å²) in [5.41, 5.74) is 1.96. The van der Waals surface area contributed by atoms with E-state index in [2.05, 4.69) is 12.1 Å². The van der Waals surface area contributed by atoms with Crippen LogP contribution in [0, 0.1) is 5.92 Å². The third-order valence-corrected chi connectivity index (χ3v) is 4.32. The zero-order valence-corrected chi connectivity index (χ0v) is 13.6. The zero-order chi connectivity index (χ0) is 15.5. The van der Waals surface area contributed by atoms with Crippen molar-refractivity contribution in [2.75, 3.05) is 13.1 Å². The Bertz CT molecular complexity index is 567. The Balaban J connectivity index is 1.58. The van der Waals surface area contributed by atoms with E-state index in [0.29, 0.717) is 11.6 Å². The molecule has 1 saturated carbocycles. The van der Waals surface area contributed by atoms with E-state index in [-0.39, 0.29) is 17.9 Å². The molecule has 5 heteroatoms. The maximum absolute atomic E-state index is 12.3. The van der Waals surface area contributed by atoms with Gasteiger partial charge in [0.2, 0.25) is 5.91 Å². The van der Waals surface area contributed by atoms with Gasteiger partial charge in [0.05, 0.1) is 12.3 Å². The van der Waals surface area contributed by atoms with E-state index in [1.165, 1.54) is 0 Å². The Morgan fingerprint density at radius 1 is 1.36 bits per heavy atom. The number of nitrogens with zero attached hydrogens (tertiary/aromatic N) is 2. The van der Waals surface area contributed by atoms with Gasteiger partial charge >= 0.3 is 0 Å². The Labute approximate surface area is 136 Å². The number of carbonyl (C=O) groups excluding carboxylic acids is 1. The van der Waals surface area contributed by atoms with E-state index in [1.807, 2.05) is 29.2 Å². The SMILES string of the molecule is CCCN(C[C@H]1CC(c2ccc(Cl)cc2)=NO1)C(=O)C1CC1. The quantitative estimate of drug-likeness (QED) is 0.805. The summed E-state index contributed by atoms with van der Waals surface area (Å²) in [4.78, 5) is 19.8. The molecule has 1 atom stereocenters. The summed E-state index contributed by atoms with van der Waals surface area (Å²) in [6, 6.07) is 7.61. The average Bonchev–Trinajstić information content (AvgIpc) is 3.27. The maximum Gasteiger partial charge on any atom is 0.225 e. The molecule has 22 heavy (non-hydrogen) atoms. The minimum Gasteiger partial charge on any atom is -0.390 e. The van der Waals surface area contributed by atoms with Gasteiger partial charge in [-0.3, -0.25) is 4.79 Å². The molecule has 1 aliphatic carbocycles. The van der Waals surface area contributed by atoms with E-state index < -0.39 is 0 Å². The second-order valence-corrected chi connectivity index (χ2v) is 6.47. The van der Waals surface area contributed by atoms with Gasteiger partial charge in [-0.2, -0.15) is 0 Å². The molecule has 1 aromatic carbocycles. The molecule has 2 aliphatic rings. The molecular formula is C17H21ClN2O2. The van der Waals surface area contributed by atoms with Crippen LogP contribution in [0.3, 0.4) is 0 Å². The number of hydrogen-bond donors (Lipinski definition) is 0. The van der Waals surface area contributed by atoms with E-state index >= 15 is 0 Å². The Morgan fingerprint density at radius 3 is 2.73 bits per heavy atom. The molecule has 3 rings (SSSR count). The van der Waals surface area contributed by atoms with Crippen LogP contribution < -0.4 is 0 Å². The van der Waals surface area contributed by atoms with E-state index in [9.17, 15) is 4.79 Å². The molecule has 0 spiro atoms. The van der Waals surface area contributed by atoms with Gasteiger partial charge in [-0.1, -0.05) is 35.8 Å². The number of oxime groups is 1. The lowest BCUT2D eigenvalue weighted by molar-refractivity contribution is -0.134. The first kappa shape index (κ1) is 15.3. The Morgan fingerprint density at radius 2 is 2.09 bits per heavy atom. The molecule has 1 aromatic rings. The summed E-state index contributed by atoms with van der Waals surface area (Å²) in [5, 5.41) is 4.90. The summed E-state index contributed by atoms with van der Waals surface area (Å²) in [7, 11) is 0. The normalized spacial score (nSPS) is 20.5. The van der Waals surface area contributed by atoms with Crippen molar-refractivity contribution in [3.8, 4) is 0 Å². The van der Waals surface area contributed by atoms with Gasteiger partial charge < -0.3 is 9.74 Å². The van der Waals surface area contributed by atoms with Crippen molar-refractivity contribution in [3.05, 3.63) is 34.9 Å². The highest BCUT2D eigenvalue weighted by molar-refractivity contribution is 6.30. The number of halogens is 1. The van der Waals surface area contributed by atoms with Crippen LogP contribution in [-0.4, -0.2) is 35.7 Å². The van der Waals surface area contributed by atoms with Gasteiger partial charge in [0.25, 0.3) is 0 Å². The summed E-state index contributed by atoms with van der Waals surface area (Å²) in [6.45, 7) is 3.52. The summed E-state index contributed by atoms with van der Waals surface area (Å²) >= 11 is 5.91. The monoisotopic (exact) mass is 320 g/mol. The van der Waals surface area contributed by atoms with E-state index in [4.69, 9.17) is 16.4 Å². The molecule has 0 N–H and O–H groups in total. The number of carbonyl (C=O) groups is 1. The first-order valence-electron chi connectivity index (χ1n) is 7.94. The predicted octanol–water partition coefficient (Wildman–Crippen LogP) is 3.48. The van der Waals surface area contributed by atoms with Crippen LogP contribution in [0.25, 0.3) is 0 Å². The van der Waals surface area contributed by atoms with E-state index in [0.717, 1.165) is 43.5 Å². The number of benzene rings is 1. The van der Waals surface area contributed by atoms with Crippen molar-refractivity contribution < 1.29 is 9.63 Å². The van der Waals surface area contributed by atoms with Crippen molar-refractivity contribution in [2.24, 2.45) is 11.1 Å². The lowest BCUT2D eigenvalue weighted by Crippen LogP contribution is -2.39. The van der Waals surface area contributed by atoms with E-state index in [1.54, 1.807) is 0 Å². The fourth-order valence-corrected chi connectivity index (χ4v) is 2.86. The smallest absolute Gasteiger partial charge is 0.225 e. The van der Waals surface area contributed by atoms with Gasteiger partial charge in [0.15, 0.2) is 6.10 Å². The number of amides is 1. The predicted molar refractivity (Wildman–Crippen MR) is 87.1 cm³/mol. The highest BCUT2D eigenvalue weighted by Gasteiger charge is 2.35.